The first-order valence-corrected chi connectivity index (χ1v) is 6.74. The van der Waals surface area contributed by atoms with Gasteiger partial charge < -0.3 is 9.84 Å². The number of alkyl halides is 3. The highest BCUT2D eigenvalue weighted by Crippen LogP contribution is 2.37. The standard InChI is InChI=1S/C15H11F3N4O2/c1-9-4-12(14(19-6-9)22-7-20-21-8-22)11-5-10(2-3-13(11)23)24-15(16,17)18/h2-8,23H,1H3. The molecule has 3 rings (SSSR count). The van der Waals surface area contributed by atoms with E-state index >= 15 is 0 Å². The van der Waals surface area contributed by atoms with Crippen molar-refractivity contribution in [3.05, 3.63) is 48.7 Å². The van der Waals surface area contributed by atoms with Crippen molar-refractivity contribution < 1.29 is 23.0 Å². The van der Waals surface area contributed by atoms with Crippen LogP contribution in [0.2, 0.25) is 0 Å². The van der Waals surface area contributed by atoms with Gasteiger partial charge in [0, 0.05) is 17.3 Å². The third kappa shape index (κ3) is 3.29. The number of halogens is 3. The van der Waals surface area contributed by atoms with Gasteiger partial charge >= 0.3 is 6.36 Å². The maximum Gasteiger partial charge on any atom is 0.573 e. The zero-order valence-electron chi connectivity index (χ0n) is 12.3. The Labute approximate surface area is 134 Å². The first kappa shape index (κ1) is 15.8. The molecule has 0 saturated heterocycles. The van der Waals surface area contributed by atoms with E-state index in [9.17, 15) is 18.3 Å². The molecule has 3 aromatic rings. The monoisotopic (exact) mass is 336 g/mol. The van der Waals surface area contributed by atoms with Crippen LogP contribution in [0.4, 0.5) is 13.2 Å². The summed E-state index contributed by atoms with van der Waals surface area (Å²) in [6, 6.07) is 4.96. The fourth-order valence-electron chi connectivity index (χ4n) is 2.20. The largest absolute Gasteiger partial charge is 0.573 e. The fraction of sp³-hybridized carbons (Fsp3) is 0.133. The van der Waals surface area contributed by atoms with E-state index in [0.29, 0.717) is 11.4 Å². The molecule has 0 fully saturated rings. The second-order valence-electron chi connectivity index (χ2n) is 4.98. The summed E-state index contributed by atoms with van der Waals surface area (Å²) >= 11 is 0. The number of aryl methyl sites for hydroxylation is 1. The Kier molecular flexibility index (Phi) is 3.84. The highest BCUT2D eigenvalue weighted by atomic mass is 19.4. The van der Waals surface area contributed by atoms with Crippen LogP contribution in [0, 0.1) is 6.92 Å². The topological polar surface area (TPSA) is 73.1 Å². The van der Waals surface area contributed by atoms with Crippen LogP contribution in [0.3, 0.4) is 0 Å². The maximum atomic E-state index is 12.4. The molecule has 0 atom stereocenters. The van der Waals surface area contributed by atoms with Crippen LogP contribution in [0.25, 0.3) is 16.9 Å². The molecule has 9 heteroatoms. The molecule has 2 heterocycles. The molecule has 0 radical (unpaired) electrons. The number of phenolic OH excluding ortho intramolecular Hbond substituents is 1. The predicted octanol–water partition coefficient (Wildman–Crippen LogP) is 3.24. The molecule has 24 heavy (non-hydrogen) atoms. The highest BCUT2D eigenvalue weighted by molar-refractivity contribution is 5.77. The van der Waals surface area contributed by atoms with Crippen LogP contribution in [0.15, 0.2) is 43.1 Å². The SMILES string of the molecule is Cc1cnc(-n2cnnc2)c(-c2cc(OC(F)(F)F)ccc2O)c1. The summed E-state index contributed by atoms with van der Waals surface area (Å²) in [5, 5.41) is 17.5. The fourth-order valence-corrected chi connectivity index (χ4v) is 2.20. The van der Waals surface area contributed by atoms with Gasteiger partial charge in [0.05, 0.1) is 0 Å². The summed E-state index contributed by atoms with van der Waals surface area (Å²) in [6.07, 6.45) is -0.440. The van der Waals surface area contributed by atoms with Crippen LogP contribution < -0.4 is 4.74 Å². The van der Waals surface area contributed by atoms with Crippen molar-refractivity contribution in [3.8, 4) is 28.4 Å². The number of pyridine rings is 1. The average molecular weight is 336 g/mol. The normalized spacial score (nSPS) is 11.5. The van der Waals surface area contributed by atoms with Crippen molar-refractivity contribution >= 4 is 0 Å². The van der Waals surface area contributed by atoms with Crippen molar-refractivity contribution in [2.24, 2.45) is 0 Å². The minimum absolute atomic E-state index is 0.150. The number of phenols is 1. The van der Waals surface area contributed by atoms with Crippen molar-refractivity contribution in [1.29, 1.82) is 0 Å². The molecule has 0 saturated carbocycles. The van der Waals surface area contributed by atoms with Gasteiger partial charge in [0.1, 0.15) is 30.0 Å². The van der Waals surface area contributed by atoms with Crippen molar-refractivity contribution in [2.45, 2.75) is 13.3 Å². The average Bonchev–Trinajstić information content (AvgIpc) is 3.02. The minimum Gasteiger partial charge on any atom is -0.507 e. The second kappa shape index (κ2) is 5.84. The lowest BCUT2D eigenvalue weighted by Crippen LogP contribution is -2.17. The van der Waals surface area contributed by atoms with Gasteiger partial charge in [-0.15, -0.1) is 23.4 Å². The molecule has 0 spiro atoms. The van der Waals surface area contributed by atoms with Crippen molar-refractivity contribution in [1.82, 2.24) is 19.7 Å². The first-order valence-electron chi connectivity index (χ1n) is 6.74. The van der Waals surface area contributed by atoms with Crippen LogP contribution in [-0.4, -0.2) is 31.2 Å². The van der Waals surface area contributed by atoms with Crippen LogP contribution >= 0.6 is 0 Å². The second-order valence-corrected chi connectivity index (χ2v) is 4.98. The van der Waals surface area contributed by atoms with E-state index in [4.69, 9.17) is 0 Å². The van der Waals surface area contributed by atoms with E-state index in [-0.39, 0.29) is 11.3 Å². The molecule has 6 nitrogen and oxygen atoms in total. The molecule has 0 bridgehead atoms. The quantitative estimate of drug-likeness (QED) is 0.795. The summed E-state index contributed by atoms with van der Waals surface area (Å²) in [7, 11) is 0. The summed E-state index contributed by atoms with van der Waals surface area (Å²) in [4.78, 5) is 4.25. The van der Waals surface area contributed by atoms with Gasteiger partial charge in [-0.1, -0.05) is 0 Å². The van der Waals surface area contributed by atoms with Crippen LogP contribution in [0.1, 0.15) is 5.56 Å². The summed E-state index contributed by atoms with van der Waals surface area (Å²) < 4.78 is 42.7. The van der Waals surface area contributed by atoms with Gasteiger partial charge in [-0.2, -0.15) is 0 Å². The molecule has 0 aliphatic carbocycles. The number of ether oxygens (including phenoxy) is 1. The Morgan fingerprint density at radius 2 is 1.79 bits per heavy atom. The third-order valence-electron chi connectivity index (χ3n) is 3.16. The summed E-state index contributed by atoms with van der Waals surface area (Å²) in [5.41, 5.74) is 1.33. The number of aromatic nitrogens is 4. The molecule has 0 unspecified atom stereocenters. The Hall–Kier alpha value is -3.10. The zero-order chi connectivity index (χ0) is 17.3. The molecule has 0 aliphatic rings. The van der Waals surface area contributed by atoms with Crippen molar-refractivity contribution in [3.63, 3.8) is 0 Å². The van der Waals surface area contributed by atoms with Crippen LogP contribution in [0.5, 0.6) is 11.5 Å². The zero-order valence-corrected chi connectivity index (χ0v) is 12.3. The number of rotatable bonds is 3. The van der Waals surface area contributed by atoms with E-state index in [1.54, 1.807) is 19.2 Å². The van der Waals surface area contributed by atoms with Gasteiger partial charge in [-0.25, -0.2) is 4.98 Å². The Morgan fingerprint density at radius 1 is 1.08 bits per heavy atom. The number of nitrogens with zero attached hydrogens (tertiary/aromatic N) is 4. The molecular formula is C15H11F3N4O2. The number of hydrogen-bond acceptors (Lipinski definition) is 5. The minimum atomic E-state index is -4.82. The molecule has 0 aliphatic heterocycles. The van der Waals surface area contributed by atoms with Gasteiger partial charge in [-0.05, 0) is 36.8 Å². The van der Waals surface area contributed by atoms with E-state index in [0.717, 1.165) is 23.8 Å². The third-order valence-corrected chi connectivity index (χ3v) is 3.16. The molecular weight excluding hydrogens is 325 g/mol. The molecule has 1 aromatic carbocycles. The Balaban J connectivity index is 2.15. The highest BCUT2D eigenvalue weighted by Gasteiger charge is 2.31. The molecule has 0 amide bonds. The lowest BCUT2D eigenvalue weighted by atomic mass is 10.0. The van der Waals surface area contributed by atoms with E-state index in [1.165, 1.54) is 17.2 Å². The lowest BCUT2D eigenvalue weighted by Gasteiger charge is -2.14. The van der Waals surface area contributed by atoms with Gasteiger partial charge in [-0.3, -0.25) is 4.57 Å². The molecule has 124 valence electrons. The van der Waals surface area contributed by atoms with Crippen molar-refractivity contribution in [2.75, 3.05) is 0 Å². The Bertz CT molecular complexity index is 864. The van der Waals surface area contributed by atoms with Gasteiger partial charge in [0.15, 0.2) is 0 Å². The maximum absolute atomic E-state index is 12.4. The Morgan fingerprint density at radius 3 is 2.46 bits per heavy atom. The van der Waals surface area contributed by atoms with E-state index < -0.39 is 12.1 Å². The smallest absolute Gasteiger partial charge is 0.507 e. The number of aromatic hydroxyl groups is 1. The number of hydrogen-bond donors (Lipinski definition) is 1. The predicted molar refractivity (Wildman–Crippen MR) is 77.7 cm³/mol. The molecule has 1 N–H and O–H groups in total. The summed E-state index contributed by atoms with van der Waals surface area (Å²) in [5.74, 6) is -0.275. The van der Waals surface area contributed by atoms with E-state index in [2.05, 4.69) is 19.9 Å². The first-order chi connectivity index (χ1) is 11.3. The van der Waals surface area contributed by atoms with Gasteiger partial charge in [0.25, 0.3) is 0 Å². The van der Waals surface area contributed by atoms with Crippen LogP contribution in [-0.2, 0) is 0 Å². The van der Waals surface area contributed by atoms with E-state index in [1.807, 2.05) is 0 Å². The van der Waals surface area contributed by atoms with Gasteiger partial charge in [0.2, 0.25) is 0 Å². The molecule has 2 aromatic heterocycles. The number of benzene rings is 1. The lowest BCUT2D eigenvalue weighted by molar-refractivity contribution is -0.274. The summed E-state index contributed by atoms with van der Waals surface area (Å²) in [6.45, 7) is 1.78.